The van der Waals surface area contributed by atoms with Crippen molar-refractivity contribution in [3.63, 3.8) is 0 Å². The molecule has 10 heteroatoms. The maximum Gasteiger partial charge on any atom is 0.419 e. The minimum Gasteiger partial charge on any atom is -0.320 e. The van der Waals surface area contributed by atoms with Gasteiger partial charge in [0.2, 0.25) is 0 Å². The Hall–Kier alpha value is -3.53. The van der Waals surface area contributed by atoms with Crippen LogP contribution in [0.4, 0.5) is 13.2 Å². The van der Waals surface area contributed by atoms with Crippen molar-refractivity contribution < 1.29 is 13.2 Å². The molecule has 4 aromatic rings. The monoisotopic (exact) mass is 576 g/mol. The molecule has 0 unspecified atom stereocenters. The molecule has 0 radical (unpaired) electrons. The molecule has 0 amide bonds. The molecule has 7 rings (SSSR count). The van der Waals surface area contributed by atoms with Crippen LogP contribution in [0.3, 0.4) is 0 Å². The number of alkyl halides is 3. The fourth-order valence-corrected chi connectivity index (χ4v) is 7.71. The van der Waals surface area contributed by atoms with Crippen molar-refractivity contribution in [2.75, 3.05) is 13.1 Å². The van der Waals surface area contributed by atoms with Gasteiger partial charge in [-0.25, -0.2) is 4.98 Å². The number of hydrogen-bond acceptors (Lipinski definition) is 5. The highest BCUT2D eigenvalue weighted by Gasteiger charge is 2.51. The Labute approximate surface area is 242 Å². The number of pyridine rings is 1. The number of aromatic nitrogens is 5. The van der Waals surface area contributed by atoms with Gasteiger partial charge in [-0.05, 0) is 85.7 Å². The van der Waals surface area contributed by atoms with Gasteiger partial charge in [0.1, 0.15) is 12.2 Å². The van der Waals surface area contributed by atoms with Crippen LogP contribution in [-0.2, 0) is 24.2 Å². The molecule has 0 spiro atoms. The number of benzene rings is 1. The highest BCUT2D eigenvalue weighted by molar-refractivity contribution is 5.66. The zero-order chi connectivity index (χ0) is 29.4. The van der Waals surface area contributed by atoms with Gasteiger partial charge in [-0.3, -0.25) is 14.1 Å². The summed E-state index contributed by atoms with van der Waals surface area (Å²) >= 11 is 0. The molecule has 7 nitrogen and oxygen atoms in total. The number of fused-ring (bicyclic) bond motifs is 1. The third kappa shape index (κ3) is 4.20. The SMILES string of the molecule is CC1CC(c2cccc(-c3cnc4c(C(F)(F)F)cc(C5(N6CCC[C@H](C)C6)CC5)cn4c3=O)c2)(c2nncn2C)C1. The molecule has 3 fully saturated rings. The van der Waals surface area contributed by atoms with Gasteiger partial charge in [0.25, 0.3) is 5.56 Å². The molecule has 42 heavy (non-hydrogen) atoms. The van der Waals surface area contributed by atoms with E-state index in [0.717, 1.165) is 67.4 Å². The van der Waals surface area contributed by atoms with Gasteiger partial charge in [-0.15, -0.1) is 10.2 Å². The summed E-state index contributed by atoms with van der Waals surface area (Å²) in [6.07, 6.45) is 5.48. The first-order valence-corrected chi connectivity index (χ1v) is 14.9. The molecular weight excluding hydrogens is 541 g/mol. The highest BCUT2D eigenvalue weighted by Crippen LogP contribution is 2.54. The van der Waals surface area contributed by atoms with Gasteiger partial charge in [0.15, 0.2) is 5.65 Å². The van der Waals surface area contributed by atoms with Crippen molar-refractivity contribution in [1.29, 1.82) is 0 Å². The zero-order valence-corrected chi connectivity index (χ0v) is 24.2. The quantitative estimate of drug-likeness (QED) is 0.294. The lowest BCUT2D eigenvalue weighted by Gasteiger charge is -2.46. The molecule has 3 aliphatic rings. The Kier molecular flexibility index (Phi) is 6.17. The maximum atomic E-state index is 14.4. The first-order valence-electron chi connectivity index (χ1n) is 14.9. The number of halogens is 3. The molecule has 1 aromatic carbocycles. The summed E-state index contributed by atoms with van der Waals surface area (Å²) in [5.41, 5.74) is -0.0381. The Bertz CT molecular complexity index is 1730. The molecule has 1 aliphatic heterocycles. The number of aryl methyl sites for hydroxylation is 1. The zero-order valence-electron chi connectivity index (χ0n) is 24.2. The third-order valence-electron chi connectivity index (χ3n) is 9.89. The smallest absolute Gasteiger partial charge is 0.320 e. The second-order valence-electron chi connectivity index (χ2n) is 13.0. The van der Waals surface area contributed by atoms with E-state index < -0.39 is 22.8 Å². The van der Waals surface area contributed by atoms with E-state index in [9.17, 15) is 18.0 Å². The van der Waals surface area contributed by atoms with Crippen LogP contribution in [-0.4, -0.2) is 42.1 Å². The van der Waals surface area contributed by atoms with Crippen LogP contribution < -0.4 is 5.56 Å². The second-order valence-corrected chi connectivity index (χ2v) is 13.0. The predicted molar refractivity (Wildman–Crippen MR) is 153 cm³/mol. The summed E-state index contributed by atoms with van der Waals surface area (Å²) in [6, 6.07) is 8.96. The van der Waals surface area contributed by atoms with Gasteiger partial charge in [-0.2, -0.15) is 13.2 Å². The molecule has 0 bridgehead atoms. The fourth-order valence-electron chi connectivity index (χ4n) is 7.71. The van der Waals surface area contributed by atoms with E-state index in [4.69, 9.17) is 0 Å². The molecule has 4 heterocycles. The summed E-state index contributed by atoms with van der Waals surface area (Å²) < 4.78 is 46.3. The van der Waals surface area contributed by atoms with Crippen LogP contribution in [0, 0.1) is 11.8 Å². The van der Waals surface area contributed by atoms with Crippen LogP contribution in [0.1, 0.15) is 74.9 Å². The van der Waals surface area contributed by atoms with Crippen LogP contribution >= 0.6 is 0 Å². The van der Waals surface area contributed by atoms with Crippen molar-refractivity contribution in [2.45, 2.75) is 69.5 Å². The Morgan fingerprint density at radius 2 is 1.83 bits per heavy atom. The van der Waals surface area contributed by atoms with E-state index >= 15 is 0 Å². The van der Waals surface area contributed by atoms with E-state index in [1.807, 2.05) is 35.9 Å². The van der Waals surface area contributed by atoms with E-state index in [1.165, 1.54) is 12.3 Å². The number of piperidine rings is 1. The van der Waals surface area contributed by atoms with Crippen LogP contribution in [0.15, 0.2) is 53.8 Å². The van der Waals surface area contributed by atoms with E-state index in [2.05, 4.69) is 33.9 Å². The van der Waals surface area contributed by atoms with Crippen molar-refractivity contribution in [3.05, 3.63) is 81.9 Å². The first kappa shape index (κ1) is 27.3. The average molecular weight is 577 g/mol. The number of hydrogen-bond donors (Lipinski definition) is 0. The molecule has 1 atom stereocenters. The van der Waals surface area contributed by atoms with E-state index in [-0.39, 0.29) is 16.6 Å². The molecule has 1 saturated heterocycles. The minimum absolute atomic E-state index is 0.275. The first-order chi connectivity index (χ1) is 20.0. The molecule has 2 saturated carbocycles. The lowest BCUT2D eigenvalue weighted by molar-refractivity contribution is -0.136. The van der Waals surface area contributed by atoms with Crippen molar-refractivity contribution in [3.8, 4) is 11.1 Å². The van der Waals surface area contributed by atoms with Crippen molar-refractivity contribution in [2.24, 2.45) is 18.9 Å². The summed E-state index contributed by atoms with van der Waals surface area (Å²) in [5.74, 6) is 1.87. The fraction of sp³-hybridized carbons (Fsp3) is 0.500. The summed E-state index contributed by atoms with van der Waals surface area (Å²) in [5, 5.41) is 8.52. The maximum absolute atomic E-state index is 14.4. The largest absolute Gasteiger partial charge is 0.419 e. The van der Waals surface area contributed by atoms with Crippen LogP contribution in [0.25, 0.3) is 16.8 Å². The summed E-state index contributed by atoms with van der Waals surface area (Å²) in [7, 11) is 1.93. The second kappa shape index (κ2) is 9.49. The lowest BCUT2D eigenvalue weighted by atomic mass is 9.58. The average Bonchev–Trinajstić information content (AvgIpc) is 3.65. The standard InChI is InChI=1S/C32H35F3N6O/c1-20-6-5-11-40(17-20)31(9-10-31)24-13-26(32(33,34)35)27-36-16-25(28(42)41(27)18-24)22-7-4-8-23(12-22)30(14-21(2)15-30)29-38-37-19-39(29)3/h4,7-8,12-13,16,18-21H,5-6,9-11,14-15,17H2,1-3H3/t20-,21?,30?/m0/s1. The van der Waals surface area contributed by atoms with Crippen LogP contribution in [0.2, 0.25) is 0 Å². The molecular formula is C32H35F3N6O. The Morgan fingerprint density at radius 3 is 2.48 bits per heavy atom. The Balaban J connectivity index is 1.36. The summed E-state index contributed by atoms with van der Waals surface area (Å²) in [6.45, 7) is 6.10. The number of nitrogens with zero attached hydrogens (tertiary/aromatic N) is 6. The van der Waals surface area contributed by atoms with E-state index in [0.29, 0.717) is 23.0 Å². The topological polar surface area (TPSA) is 68.3 Å². The van der Waals surface area contributed by atoms with Crippen molar-refractivity contribution in [1.82, 2.24) is 29.0 Å². The van der Waals surface area contributed by atoms with Gasteiger partial charge in [-0.1, -0.05) is 32.0 Å². The minimum atomic E-state index is -4.64. The van der Waals surface area contributed by atoms with E-state index in [1.54, 1.807) is 12.5 Å². The third-order valence-corrected chi connectivity index (χ3v) is 9.89. The number of rotatable bonds is 5. The van der Waals surface area contributed by atoms with Gasteiger partial charge >= 0.3 is 6.18 Å². The van der Waals surface area contributed by atoms with Gasteiger partial charge in [0.05, 0.1) is 16.5 Å². The number of likely N-dealkylation sites (tertiary alicyclic amines) is 1. The van der Waals surface area contributed by atoms with Gasteiger partial charge in [0, 0.05) is 31.5 Å². The molecule has 0 N–H and O–H groups in total. The predicted octanol–water partition coefficient (Wildman–Crippen LogP) is 5.95. The molecule has 2 aliphatic carbocycles. The lowest BCUT2D eigenvalue weighted by Crippen LogP contribution is -2.43. The summed E-state index contributed by atoms with van der Waals surface area (Å²) in [4.78, 5) is 20.6. The molecule has 3 aromatic heterocycles. The molecule has 220 valence electrons. The van der Waals surface area contributed by atoms with Crippen LogP contribution in [0.5, 0.6) is 0 Å². The normalized spacial score (nSPS) is 25.9. The Morgan fingerprint density at radius 1 is 1.05 bits per heavy atom. The highest BCUT2D eigenvalue weighted by atomic mass is 19.4. The van der Waals surface area contributed by atoms with Crippen molar-refractivity contribution >= 4 is 5.65 Å². The van der Waals surface area contributed by atoms with Gasteiger partial charge < -0.3 is 4.57 Å².